The highest BCUT2D eigenvalue weighted by Gasteiger charge is 2.32. The summed E-state index contributed by atoms with van der Waals surface area (Å²) in [6, 6.07) is 0.347. The molecule has 1 rings (SSSR count). The van der Waals surface area contributed by atoms with Crippen molar-refractivity contribution in [1.82, 2.24) is 5.32 Å². The fourth-order valence-corrected chi connectivity index (χ4v) is 2.43. The molecule has 0 radical (unpaired) electrons. The quantitative estimate of drug-likeness (QED) is 0.627. The second kappa shape index (κ2) is 7.31. The third kappa shape index (κ3) is 4.21. The van der Waals surface area contributed by atoms with Gasteiger partial charge in [0.25, 0.3) is 0 Å². The van der Waals surface area contributed by atoms with Crippen LogP contribution in [0.15, 0.2) is 0 Å². The molecule has 1 aliphatic rings. The Bertz CT molecular complexity index is 197. The maximum Gasteiger partial charge on any atom is 0.0647 e. The van der Waals surface area contributed by atoms with Gasteiger partial charge in [0, 0.05) is 12.6 Å². The van der Waals surface area contributed by atoms with Gasteiger partial charge in [-0.1, -0.05) is 20.3 Å². The Kier molecular flexibility index (Phi) is 6.41. The molecular formula is C13H27NO3. The molecule has 0 aromatic carbocycles. The fourth-order valence-electron chi connectivity index (χ4n) is 2.43. The van der Waals surface area contributed by atoms with E-state index < -0.39 is 5.54 Å². The molecule has 3 N–H and O–H groups in total. The molecule has 1 saturated heterocycles. The lowest BCUT2D eigenvalue weighted by Gasteiger charge is -2.38. The van der Waals surface area contributed by atoms with E-state index in [9.17, 15) is 10.2 Å². The van der Waals surface area contributed by atoms with Crippen molar-refractivity contribution in [2.75, 3.05) is 19.8 Å². The van der Waals surface area contributed by atoms with Crippen LogP contribution in [0.4, 0.5) is 0 Å². The van der Waals surface area contributed by atoms with Crippen molar-refractivity contribution >= 4 is 0 Å². The Hall–Kier alpha value is -0.160. The second-order valence-corrected chi connectivity index (χ2v) is 5.10. The summed E-state index contributed by atoms with van der Waals surface area (Å²) in [6.45, 7) is 4.89. The van der Waals surface area contributed by atoms with Crippen LogP contribution < -0.4 is 5.32 Å². The first-order chi connectivity index (χ1) is 8.19. The van der Waals surface area contributed by atoms with Gasteiger partial charge in [0.1, 0.15) is 0 Å². The molecule has 1 fully saturated rings. The molecule has 4 nitrogen and oxygen atoms in total. The number of aliphatic hydroxyl groups is 2. The van der Waals surface area contributed by atoms with Crippen molar-refractivity contribution in [2.24, 2.45) is 0 Å². The Morgan fingerprint density at radius 1 is 1.29 bits per heavy atom. The highest BCUT2D eigenvalue weighted by Crippen LogP contribution is 2.21. The fraction of sp³-hybridized carbons (Fsp3) is 1.00. The second-order valence-electron chi connectivity index (χ2n) is 5.10. The van der Waals surface area contributed by atoms with Crippen molar-refractivity contribution in [2.45, 2.75) is 63.6 Å². The highest BCUT2D eigenvalue weighted by atomic mass is 16.5. The van der Waals surface area contributed by atoms with Crippen LogP contribution in [-0.2, 0) is 4.74 Å². The van der Waals surface area contributed by atoms with Gasteiger partial charge in [-0.25, -0.2) is 0 Å². The molecule has 4 heteroatoms. The Balaban J connectivity index is 2.49. The molecule has 102 valence electrons. The maximum atomic E-state index is 9.42. The van der Waals surface area contributed by atoms with Gasteiger partial charge in [0.2, 0.25) is 0 Å². The molecule has 1 aliphatic heterocycles. The zero-order chi connectivity index (χ0) is 12.7. The van der Waals surface area contributed by atoms with Gasteiger partial charge in [-0.3, -0.25) is 0 Å². The van der Waals surface area contributed by atoms with E-state index in [0.717, 1.165) is 38.7 Å². The summed E-state index contributed by atoms with van der Waals surface area (Å²) in [4.78, 5) is 0. The van der Waals surface area contributed by atoms with E-state index in [1.807, 2.05) is 6.92 Å². The minimum absolute atomic E-state index is 0.0181. The number of aliphatic hydroxyl groups excluding tert-OH is 2. The van der Waals surface area contributed by atoms with E-state index in [1.165, 1.54) is 0 Å². The standard InChI is InChI=1S/C13H27NO3/c1-3-5-12-8-11(6-7-17-12)14-13(4-2,9-15)10-16/h11-12,14-16H,3-10H2,1-2H3. The van der Waals surface area contributed by atoms with Crippen LogP contribution in [0.3, 0.4) is 0 Å². The number of hydrogen-bond acceptors (Lipinski definition) is 4. The van der Waals surface area contributed by atoms with Crippen LogP contribution in [0.5, 0.6) is 0 Å². The predicted octanol–water partition coefficient (Wildman–Crippen LogP) is 1.06. The lowest BCUT2D eigenvalue weighted by Crippen LogP contribution is -2.57. The van der Waals surface area contributed by atoms with Crippen molar-refractivity contribution in [3.8, 4) is 0 Å². The normalized spacial score (nSPS) is 26.1. The Morgan fingerprint density at radius 2 is 2.00 bits per heavy atom. The third-order valence-electron chi connectivity index (χ3n) is 3.77. The van der Waals surface area contributed by atoms with Gasteiger partial charge in [-0.15, -0.1) is 0 Å². The van der Waals surface area contributed by atoms with E-state index in [1.54, 1.807) is 0 Å². The molecule has 0 saturated carbocycles. The zero-order valence-corrected chi connectivity index (χ0v) is 11.1. The van der Waals surface area contributed by atoms with Crippen LogP contribution in [0, 0.1) is 0 Å². The smallest absolute Gasteiger partial charge is 0.0647 e. The first-order valence-corrected chi connectivity index (χ1v) is 6.80. The molecular weight excluding hydrogens is 218 g/mol. The summed E-state index contributed by atoms with van der Waals surface area (Å²) < 4.78 is 5.70. The molecule has 0 aromatic rings. The lowest BCUT2D eigenvalue weighted by molar-refractivity contribution is -0.0178. The van der Waals surface area contributed by atoms with Crippen LogP contribution in [0.2, 0.25) is 0 Å². The number of hydrogen-bond donors (Lipinski definition) is 3. The number of rotatable bonds is 7. The molecule has 0 spiro atoms. The van der Waals surface area contributed by atoms with Crippen LogP contribution in [0.1, 0.15) is 46.0 Å². The maximum absolute atomic E-state index is 9.42. The summed E-state index contributed by atoms with van der Waals surface area (Å²) in [5.74, 6) is 0. The minimum Gasteiger partial charge on any atom is -0.394 e. The first-order valence-electron chi connectivity index (χ1n) is 6.80. The number of nitrogens with one attached hydrogen (secondary N) is 1. The van der Waals surface area contributed by atoms with Gasteiger partial charge in [0.05, 0.1) is 24.9 Å². The van der Waals surface area contributed by atoms with Crippen molar-refractivity contribution in [3.05, 3.63) is 0 Å². The summed E-state index contributed by atoms with van der Waals surface area (Å²) in [7, 11) is 0. The highest BCUT2D eigenvalue weighted by molar-refractivity contribution is 4.90. The Morgan fingerprint density at radius 3 is 2.53 bits per heavy atom. The van der Waals surface area contributed by atoms with Crippen LogP contribution in [-0.4, -0.2) is 47.7 Å². The molecule has 0 bridgehead atoms. The largest absolute Gasteiger partial charge is 0.394 e. The van der Waals surface area contributed by atoms with Gasteiger partial charge in [-0.05, 0) is 25.7 Å². The van der Waals surface area contributed by atoms with E-state index in [2.05, 4.69) is 12.2 Å². The van der Waals surface area contributed by atoms with Crippen molar-refractivity contribution in [1.29, 1.82) is 0 Å². The summed E-state index contributed by atoms with van der Waals surface area (Å²) in [5.41, 5.74) is -0.529. The van der Waals surface area contributed by atoms with Crippen molar-refractivity contribution < 1.29 is 14.9 Å². The third-order valence-corrected chi connectivity index (χ3v) is 3.77. The molecule has 0 aromatic heterocycles. The van der Waals surface area contributed by atoms with E-state index in [0.29, 0.717) is 12.1 Å². The zero-order valence-electron chi connectivity index (χ0n) is 11.1. The number of ether oxygens (including phenoxy) is 1. The van der Waals surface area contributed by atoms with E-state index in [-0.39, 0.29) is 13.2 Å². The first kappa shape index (κ1) is 14.9. The molecule has 2 unspecified atom stereocenters. The van der Waals surface area contributed by atoms with E-state index >= 15 is 0 Å². The van der Waals surface area contributed by atoms with Gasteiger partial charge in [-0.2, -0.15) is 0 Å². The van der Waals surface area contributed by atoms with Gasteiger partial charge >= 0.3 is 0 Å². The molecule has 0 aliphatic carbocycles. The molecule has 1 heterocycles. The van der Waals surface area contributed by atoms with Crippen LogP contribution in [0.25, 0.3) is 0 Å². The molecule has 17 heavy (non-hydrogen) atoms. The van der Waals surface area contributed by atoms with E-state index in [4.69, 9.17) is 4.74 Å². The minimum atomic E-state index is -0.529. The average molecular weight is 245 g/mol. The SMILES string of the molecule is CCCC1CC(NC(CC)(CO)CO)CCO1. The van der Waals surface area contributed by atoms with Crippen LogP contribution >= 0.6 is 0 Å². The monoisotopic (exact) mass is 245 g/mol. The summed E-state index contributed by atoms with van der Waals surface area (Å²) in [6.07, 6.45) is 5.23. The predicted molar refractivity (Wildman–Crippen MR) is 68.0 cm³/mol. The molecule has 0 amide bonds. The summed E-state index contributed by atoms with van der Waals surface area (Å²) >= 11 is 0. The van der Waals surface area contributed by atoms with Gasteiger partial charge in [0.15, 0.2) is 0 Å². The topological polar surface area (TPSA) is 61.7 Å². The lowest BCUT2D eigenvalue weighted by atomic mass is 9.93. The van der Waals surface area contributed by atoms with Gasteiger partial charge < -0.3 is 20.3 Å². The van der Waals surface area contributed by atoms with Crippen molar-refractivity contribution in [3.63, 3.8) is 0 Å². The average Bonchev–Trinajstić information content (AvgIpc) is 2.37. The Labute approximate surface area is 104 Å². The molecule has 2 atom stereocenters. The summed E-state index contributed by atoms with van der Waals surface area (Å²) in [5, 5.41) is 22.3.